The van der Waals surface area contributed by atoms with Gasteiger partial charge in [-0.3, -0.25) is 4.72 Å². The molecule has 0 saturated heterocycles. The van der Waals surface area contributed by atoms with E-state index in [0.717, 1.165) is 6.26 Å². The first-order valence-corrected chi connectivity index (χ1v) is 10.5. The van der Waals surface area contributed by atoms with Crippen molar-refractivity contribution in [2.45, 2.75) is 16.7 Å². The highest BCUT2D eigenvalue weighted by atomic mass is 35.5. The summed E-state index contributed by atoms with van der Waals surface area (Å²) in [6.07, 6.45) is 0.993. The highest BCUT2D eigenvalue weighted by Crippen LogP contribution is 2.34. The molecule has 0 heterocycles. The molecule has 0 amide bonds. The smallest absolute Gasteiger partial charge is 0.262 e. The number of sulfone groups is 1. The van der Waals surface area contributed by atoms with Gasteiger partial charge in [0.2, 0.25) is 0 Å². The Labute approximate surface area is 146 Å². The maximum absolute atomic E-state index is 12.7. The second-order valence-corrected chi connectivity index (χ2v) is 9.19. The average Bonchev–Trinajstić information content (AvgIpc) is 2.45. The standard InChI is InChI=1S/C15H16ClNO5S2/c1-10-9-11(16)7-8-13(10)24(20,21)17-15-12(22-2)5-4-6-14(15)23(3,18)19/h4-9,17H,1-3H3. The number of benzene rings is 2. The summed E-state index contributed by atoms with van der Waals surface area (Å²) in [6, 6.07) is 8.57. The molecule has 0 aliphatic rings. The fraction of sp³-hybridized carbons (Fsp3) is 0.200. The van der Waals surface area contributed by atoms with E-state index in [1.807, 2.05) is 0 Å². The minimum Gasteiger partial charge on any atom is -0.495 e. The van der Waals surface area contributed by atoms with E-state index in [9.17, 15) is 16.8 Å². The largest absolute Gasteiger partial charge is 0.495 e. The lowest BCUT2D eigenvalue weighted by Gasteiger charge is -2.16. The monoisotopic (exact) mass is 389 g/mol. The van der Waals surface area contributed by atoms with Gasteiger partial charge in [0.05, 0.1) is 16.9 Å². The maximum Gasteiger partial charge on any atom is 0.262 e. The van der Waals surface area contributed by atoms with Gasteiger partial charge in [0.25, 0.3) is 10.0 Å². The van der Waals surface area contributed by atoms with Crippen LogP contribution in [0.2, 0.25) is 5.02 Å². The Morgan fingerprint density at radius 1 is 1.04 bits per heavy atom. The van der Waals surface area contributed by atoms with Crippen molar-refractivity contribution < 1.29 is 21.6 Å². The number of para-hydroxylation sites is 1. The molecule has 0 aliphatic heterocycles. The van der Waals surface area contributed by atoms with Gasteiger partial charge in [-0.05, 0) is 42.8 Å². The molecule has 2 rings (SSSR count). The van der Waals surface area contributed by atoms with E-state index in [-0.39, 0.29) is 21.2 Å². The van der Waals surface area contributed by atoms with Crippen molar-refractivity contribution in [3.63, 3.8) is 0 Å². The van der Waals surface area contributed by atoms with Crippen LogP contribution in [0.15, 0.2) is 46.2 Å². The lowest BCUT2D eigenvalue weighted by molar-refractivity contribution is 0.415. The van der Waals surface area contributed by atoms with Crippen molar-refractivity contribution in [1.82, 2.24) is 0 Å². The van der Waals surface area contributed by atoms with Gasteiger partial charge >= 0.3 is 0 Å². The van der Waals surface area contributed by atoms with E-state index < -0.39 is 19.9 Å². The van der Waals surface area contributed by atoms with E-state index in [4.69, 9.17) is 16.3 Å². The van der Waals surface area contributed by atoms with Crippen molar-refractivity contribution in [1.29, 1.82) is 0 Å². The molecule has 1 N–H and O–H groups in total. The fourth-order valence-corrected chi connectivity index (χ4v) is 4.65. The summed E-state index contributed by atoms with van der Waals surface area (Å²) in [5.41, 5.74) is 0.308. The quantitative estimate of drug-likeness (QED) is 0.849. The molecule has 0 aromatic heterocycles. The van der Waals surface area contributed by atoms with Crippen LogP contribution in [0.4, 0.5) is 5.69 Å². The molecule has 9 heteroatoms. The molecular formula is C15H16ClNO5S2. The molecule has 0 spiro atoms. The molecule has 0 radical (unpaired) electrons. The maximum atomic E-state index is 12.7. The summed E-state index contributed by atoms with van der Waals surface area (Å²) < 4.78 is 56.7. The molecule has 0 fully saturated rings. The van der Waals surface area contributed by atoms with Crippen LogP contribution in [-0.4, -0.2) is 30.2 Å². The lowest BCUT2D eigenvalue weighted by Crippen LogP contribution is -2.17. The zero-order valence-corrected chi connectivity index (χ0v) is 15.6. The van der Waals surface area contributed by atoms with Crippen LogP contribution < -0.4 is 9.46 Å². The van der Waals surface area contributed by atoms with Crippen LogP contribution in [0.25, 0.3) is 0 Å². The van der Waals surface area contributed by atoms with Crippen molar-refractivity contribution in [3.8, 4) is 5.75 Å². The Hall–Kier alpha value is -1.77. The third-order valence-electron chi connectivity index (χ3n) is 3.27. The molecular weight excluding hydrogens is 374 g/mol. The predicted octanol–water partition coefficient (Wildman–Crippen LogP) is 2.86. The molecule has 130 valence electrons. The number of sulfonamides is 1. The van der Waals surface area contributed by atoms with Crippen LogP contribution in [0.3, 0.4) is 0 Å². The fourth-order valence-electron chi connectivity index (χ4n) is 2.19. The van der Waals surface area contributed by atoms with Crippen molar-refractivity contribution >= 4 is 37.1 Å². The molecule has 24 heavy (non-hydrogen) atoms. The summed E-state index contributed by atoms with van der Waals surface area (Å²) in [5.74, 6) is 0.105. The summed E-state index contributed by atoms with van der Waals surface area (Å²) in [5, 5.41) is 0.403. The molecule has 2 aromatic rings. The van der Waals surface area contributed by atoms with E-state index in [1.165, 1.54) is 43.5 Å². The lowest BCUT2D eigenvalue weighted by atomic mass is 10.2. The number of nitrogens with one attached hydrogen (secondary N) is 1. The molecule has 0 unspecified atom stereocenters. The van der Waals surface area contributed by atoms with Gasteiger partial charge in [-0.1, -0.05) is 17.7 Å². The van der Waals surface area contributed by atoms with Gasteiger partial charge in [-0.15, -0.1) is 0 Å². The van der Waals surface area contributed by atoms with Gasteiger partial charge in [0, 0.05) is 11.3 Å². The van der Waals surface area contributed by atoms with Gasteiger partial charge in [0.1, 0.15) is 11.4 Å². The first-order chi connectivity index (χ1) is 11.1. The highest BCUT2D eigenvalue weighted by Gasteiger charge is 2.24. The number of aryl methyl sites for hydroxylation is 1. The van der Waals surface area contributed by atoms with Crippen LogP contribution in [0.5, 0.6) is 5.75 Å². The Morgan fingerprint density at radius 3 is 2.25 bits per heavy atom. The Balaban J connectivity index is 2.62. The topological polar surface area (TPSA) is 89.5 Å². The third kappa shape index (κ3) is 3.82. The van der Waals surface area contributed by atoms with Crippen molar-refractivity contribution in [2.24, 2.45) is 0 Å². The Morgan fingerprint density at radius 2 is 1.71 bits per heavy atom. The van der Waals surface area contributed by atoms with Crippen LogP contribution in [0.1, 0.15) is 5.56 Å². The summed E-state index contributed by atoms with van der Waals surface area (Å²) >= 11 is 5.85. The summed E-state index contributed by atoms with van der Waals surface area (Å²) in [6.45, 7) is 1.60. The Bertz CT molecular complexity index is 985. The second kappa shape index (κ2) is 6.62. The number of hydrogen-bond acceptors (Lipinski definition) is 5. The van der Waals surface area contributed by atoms with Gasteiger partial charge in [0.15, 0.2) is 9.84 Å². The van der Waals surface area contributed by atoms with Gasteiger partial charge < -0.3 is 4.74 Å². The zero-order valence-electron chi connectivity index (χ0n) is 13.2. The number of ether oxygens (including phenoxy) is 1. The predicted molar refractivity (Wildman–Crippen MR) is 93.1 cm³/mol. The zero-order chi connectivity index (χ0) is 18.1. The minimum atomic E-state index is -4.03. The Kier molecular flexibility index (Phi) is 5.12. The van der Waals surface area contributed by atoms with Crippen molar-refractivity contribution in [3.05, 3.63) is 47.0 Å². The van der Waals surface area contributed by atoms with E-state index in [1.54, 1.807) is 6.92 Å². The first-order valence-electron chi connectivity index (χ1n) is 6.72. The number of halogens is 1. The summed E-state index contributed by atoms with van der Waals surface area (Å²) in [7, 11) is -6.37. The average molecular weight is 390 g/mol. The van der Waals surface area contributed by atoms with Crippen LogP contribution >= 0.6 is 11.6 Å². The number of methoxy groups -OCH3 is 1. The number of hydrogen-bond donors (Lipinski definition) is 1. The molecule has 0 bridgehead atoms. The van der Waals surface area contributed by atoms with Gasteiger partial charge in [-0.25, -0.2) is 16.8 Å². The second-order valence-electron chi connectivity index (χ2n) is 5.12. The van der Waals surface area contributed by atoms with E-state index >= 15 is 0 Å². The van der Waals surface area contributed by atoms with Crippen LogP contribution in [0, 0.1) is 6.92 Å². The van der Waals surface area contributed by atoms with E-state index in [0.29, 0.717) is 10.6 Å². The van der Waals surface area contributed by atoms with Gasteiger partial charge in [-0.2, -0.15) is 0 Å². The first kappa shape index (κ1) is 18.6. The van der Waals surface area contributed by atoms with Crippen molar-refractivity contribution in [2.75, 3.05) is 18.1 Å². The molecule has 6 nitrogen and oxygen atoms in total. The molecule has 0 atom stereocenters. The molecule has 0 aliphatic carbocycles. The third-order valence-corrected chi connectivity index (χ3v) is 6.15. The normalized spacial score (nSPS) is 12.0. The number of anilines is 1. The van der Waals surface area contributed by atoms with Crippen LogP contribution in [-0.2, 0) is 19.9 Å². The molecule has 0 saturated carbocycles. The highest BCUT2D eigenvalue weighted by molar-refractivity contribution is 7.93. The van der Waals surface area contributed by atoms with E-state index in [2.05, 4.69) is 4.72 Å². The number of rotatable bonds is 5. The SMILES string of the molecule is COc1cccc(S(C)(=O)=O)c1NS(=O)(=O)c1ccc(Cl)cc1C. The minimum absolute atomic E-state index is 0.00254. The summed E-state index contributed by atoms with van der Waals surface area (Å²) in [4.78, 5) is -0.172. The molecule has 2 aromatic carbocycles.